The van der Waals surface area contributed by atoms with Crippen molar-refractivity contribution in [1.82, 2.24) is 0 Å². The fourth-order valence-electron chi connectivity index (χ4n) is 4.44. The van der Waals surface area contributed by atoms with Gasteiger partial charge in [-0.1, -0.05) is 30.3 Å². The van der Waals surface area contributed by atoms with Crippen molar-refractivity contribution in [1.29, 1.82) is 0 Å². The number of hydrogen-bond donors (Lipinski definition) is 0. The third kappa shape index (κ3) is 3.37. The lowest BCUT2D eigenvalue weighted by molar-refractivity contribution is 0.334. The van der Waals surface area contributed by atoms with Gasteiger partial charge in [0.2, 0.25) is 11.6 Å². The Bertz CT molecular complexity index is 1660. The van der Waals surface area contributed by atoms with E-state index in [0.717, 1.165) is 31.4 Å². The van der Waals surface area contributed by atoms with E-state index in [2.05, 4.69) is 4.74 Å². The highest BCUT2D eigenvalue weighted by atomic mass is 19.2. The summed E-state index contributed by atoms with van der Waals surface area (Å²) in [5, 5.41) is -0.0495. The lowest BCUT2D eigenvalue weighted by Crippen LogP contribution is -2.05. The molecule has 5 aromatic carbocycles. The number of benzene rings is 5. The second kappa shape index (κ2) is 8.51. The summed E-state index contributed by atoms with van der Waals surface area (Å²) >= 11 is 0. The van der Waals surface area contributed by atoms with Gasteiger partial charge in [0.1, 0.15) is 5.82 Å². The van der Waals surface area contributed by atoms with Gasteiger partial charge in [-0.05, 0) is 56.9 Å². The zero-order valence-corrected chi connectivity index (χ0v) is 18.1. The lowest BCUT2D eigenvalue weighted by atomic mass is 9.85. The molecule has 0 heterocycles. The Balaban J connectivity index is 2.04. The van der Waals surface area contributed by atoms with Crippen LogP contribution in [0.4, 0.5) is 35.1 Å². The number of rotatable bonds is 3. The summed E-state index contributed by atoms with van der Waals surface area (Å²) in [6.07, 6.45) is 0. The van der Waals surface area contributed by atoms with Gasteiger partial charge in [-0.25, -0.2) is 26.3 Å². The Morgan fingerprint density at radius 3 is 1.58 bits per heavy atom. The summed E-state index contributed by atoms with van der Waals surface area (Å²) in [5.74, 6) is -14.0. The fraction of sp³-hybridized carbons (Fsp3) is 0.0370. The van der Waals surface area contributed by atoms with Crippen molar-refractivity contribution in [2.24, 2.45) is 0 Å². The van der Waals surface area contributed by atoms with Crippen molar-refractivity contribution in [3.63, 3.8) is 0 Å². The van der Waals surface area contributed by atoms with E-state index in [9.17, 15) is 26.3 Å². The Hall–Kier alpha value is -4.14. The largest absolute Gasteiger partial charge is 0.491 e. The highest BCUT2D eigenvalue weighted by Crippen LogP contribution is 2.47. The average Bonchev–Trinajstić information content (AvgIpc) is 2.86. The Labute approximate surface area is 198 Å². The van der Waals surface area contributed by atoms with Crippen LogP contribution in [0.5, 0.6) is 5.75 Å². The van der Waals surface area contributed by atoms with Gasteiger partial charge in [-0.2, -0.15) is 8.78 Å². The second-order valence-corrected chi connectivity index (χ2v) is 7.90. The molecule has 0 N–H and O–H groups in total. The van der Waals surface area contributed by atoms with Crippen molar-refractivity contribution in [3.05, 3.63) is 101 Å². The normalized spacial score (nSPS) is 11.5. The lowest BCUT2D eigenvalue weighted by Gasteiger charge is -2.19. The first-order chi connectivity index (χ1) is 17.1. The molecule has 0 saturated carbocycles. The molecule has 182 valence electrons. The van der Waals surface area contributed by atoms with Crippen molar-refractivity contribution >= 4 is 21.5 Å². The zero-order valence-electron chi connectivity index (χ0n) is 18.1. The maximum atomic E-state index is 15.2. The topological polar surface area (TPSA) is 9.23 Å². The monoisotopic (exact) mass is 504 g/mol. The zero-order chi connectivity index (χ0) is 25.9. The maximum absolute atomic E-state index is 15.2. The van der Waals surface area contributed by atoms with Crippen LogP contribution in [0.2, 0.25) is 0 Å². The predicted molar refractivity (Wildman–Crippen MR) is 119 cm³/mol. The molecule has 0 aromatic heterocycles. The molecule has 0 amide bonds. The molecular formula is C27H12F8O. The van der Waals surface area contributed by atoms with Crippen LogP contribution in [0.3, 0.4) is 0 Å². The Kier molecular flexibility index (Phi) is 5.58. The molecule has 0 aliphatic rings. The molecule has 9 heteroatoms. The molecular weight excluding hydrogens is 492 g/mol. The standard InChI is InChI=1S/C27H12F8O/c1-36-27-25(34)23(32)21(24(33)26(27)35)20-14-5-3-2-4-13(14)19(15-7-6-12(28)10-16(15)20)11-8-17(29)22(31)18(30)9-11/h2-10H,1H3. The second-order valence-electron chi connectivity index (χ2n) is 7.90. The minimum Gasteiger partial charge on any atom is -0.491 e. The van der Waals surface area contributed by atoms with Gasteiger partial charge < -0.3 is 4.74 Å². The SMILES string of the molecule is COc1c(F)c(F)c(-c2c3ccccc3c(-c3cc(F)c(F)c(F)c3)c3ccc(F)cc23)c(F)c1F. The third-order valence-electron chi connectivity index (χ3n) is 5.94. The van der Waals surface area contributed by atoms with E-state index >= 15 is 8.78 Å². The van der Waals surface area contributed by atoms with Crippen LogP contribution in [0.1, 0.15) is 0 Å². The molecule has 0 atom stereocenters. The van der Waals surface area contributed by atoms with Gasteiger partial charge in [0.25, 0.3) is 0 Å². The van der Waals surface area contributed by atoms with Gasteiger partial charge in [0.05, 0.1) is 12.7 Å². The van der Waals surface area contributed by atoms with Crippen LogP contribution in [-0.2, 0) is 0 Å². The molecule has 5 aromatic rings. The molecule has 5 rings (SSSR count). The number of hydrogen-bond acceptors (Lipinski definition) is 1. The van der Waals surface area contributed by atoms with Gasteiger partial charge in [0.15, 0.2) is 34.8 Å². The molecule has 0 unspecified atom stereocenters. The molecule has 0 aliphatic heterocycles. The van der Waals surface area contributed by atoms with Gasteiger partial charge in [0, 0.05) is 5.56 Å². The van der Waals surface area contributed by atoms with Crippen molar-refractivity contribution in [2.75, 3.05) is 7.11 Å². The third-order valence-corrected chi connectivity index (χ3v) is 5.94. The molecule has 1 nitrogen and oxygen atoms in total. The quantitative estimate of drug-likeness (QED) is 0.104. The van der Waals surface area contributed by atoms with E-state index in [1.807, 2.05) is 0 Å². The molecule has 0 radical (unpaired) electrons. The van der Waals surface area contributed by atoms with E-state index in [0.29, 0.717) is 0 Å². The van der Waals surface area contributed by atoms with Crippen molar-refractivity contribution in [3.8, 4) is 28.0 Å². The van der Waals surface area contributed by atoms with E-state index in [4.69, 9.17) is 0 Å². The van der Waals surface area contributed by atoms with Crippen LogP contribution in [0, 0.1) is 46.5 Å². The van der Waals surface area contributed by atoms with Gasteiger partial charge in [-0.3, -0.25) is 0 Å². The van der Waals surface area contributed by atoms with Crippen LogP contribution in [0.25, 0.3) is 43.8 Å². The number of ether oxygens (including phenoxy) is 1. The first-order valence-corrected chi connectivity index (χ1v) is 10.3. The molecule has 0 aliphatic carbocycles. The predicted octanol–water partition coefficient (Wildman–Crippen LogP) is 8.45. The summed E-state index contributed by atoms with van der Waals surface area (Å²) in [7, 11) is 0.829. The fourth-order valence-corrected chi connectivity index (χ4v) is 4.44. The number of methoxy groups -OCH3 is 1. The highest BCUT2D eigenvalue weighted by Gasteiger charge is 2.30. The molecule has 0 fully saturated rings. The summed E-state index contributed by atoms with van der Waals surface area (Å²) in [4.78, 5) is 0. The van der Waals surface area contributed by atoms with Crippen molar-refractivity contribution < 1.29 is 39.9 Å². The van der Waals surface area contributed by atoms with E-state index in [1.54, 1.807) is 0 Å². The van der Waals surface area contributed by atoms with Crippen LogP contribution < -0.4 is 4.74 Å². The molecule has 36 heavy (non-hydrogen) atoms. The van der Waals surface area contributed by atoms with Crippen LogP contribution in [0.15, 0.2) is 54.6 Å². The first kappa shape index (κ1) is 23.6. The molecule has 0 spiro atoms. The minimum absolute atomic E-state index is 0.0162. The average molecular weight is 504 g/mol. The summed E-state index contributed by atoms with van der Waals surface area (Å²) in [5.41, 5.74) is -1.60. The highest BCUT2D eigenvalue weighted by molar-refractivity contribution is 6.21. The molecule has 0 saturated heterocycles. The van der Waals surface area contributed by atoms with E-state index < -0.39 is 63.4 Å². The van der Waals surface area contributed by atoms with Crippen molar-refractivity contribution in [2.45, 2.75) is 0 Å². The number of fused-ring (bicyclic) bond motifs is 2. The summed E-state index contributed by atoms with van der Waals surface area (Å²) < 4.78 is 120. The Morgan fingerprint density at radius 1 is 0.500 bits per heavy atom. The number of halogens is 8. The van der Waals surface area contributed by atoms with Gasteiger partial charge in [-0.15, -0.1) is 0 Å². The minimum atomic E-state index is -1.80. The summed E-state index contributed by atoms with van der Waals surface area (Å²) in [6.45, 7) is 0. The molecule has 0 bridgehead atoms. The smallest absolute Gasteiger partial charge is 0.204 e. The van der Waals surface area contributed by atoms with Crippen LogP contribution in [-0.4, -0.2) is 7.11 Å². The maximum Gasteiger partial charge on any atom is 0.204 e. The van der Waals surface area contributed by atoms with Crippen LogP contribution >= 0.6 is 0 Å². The summed E-state index contributed by atoms with van der Waals surface area (Å²) in [6, 6.07) is 10.2. The van der Waals surface area contributed by atoms with Gasteiger partial charge >= 0.3 is 0 Å². The first-order valence-electron chi connectivity index (χ1n) is 10.3. The van der Waals surface area contributed by atoms with E-state index in [1.165, 1.54) is 30.3 Å². The Morgan fingerprint density at radius 2 is 1.03 bits per heavy atom. The van der Waals surface area contributed by atoms with E-state index in [-0.39, 0.29) is 32.7 Å².